The van der Waals surface area contributed by atoms with Crippen molar-refractivity contribution in [3.63, 3.8) is 0 Å². The van der Waals surface area contributed by atoms with E-state index in [0.717, 1.165) is 0 Å². The van der Waals surface area contributed by atoms with Gasteiger partial charge in [0, 0.05) is 22.7 Å². The largest absolute Gasteiger partial charge is 0.397 e. The second kappa shape index (κ2) is 4.25. The lowest BCUT2D eigenvalue weighted by atomic mass is 10.2. The Balaban J connectivity index is 2.44. The summed E-state index contributed by atoms with van der Waals surface area (Å²) in [4.78, 5) is 13.0. The fraction of sp³-hybridized carbons (Fsp3) is 0.300. The van der Waals surface area contributed by atoms with Crippen molar-refractivity contribution in [3.05, 3.63) is 22.4 Å². The number of nitrogen functional groups attached to an aromatic ring is 1. The minimum atomic E-state index is -0.498. The Kier molecular flexibility index (Phi) is 3.12. The number of thiol groups is 1. The maximum Gasteiger partial charge on any atom is 0.228 e. The number of carbonyl (C=O) groups is 1. The molecule has 0 radical (unpaired) electrons. The molecule has 1 aliphatic heterocycles. The first-order valence-corrected chi connectivity index (χ1v) is 6.03. The number of rotatable bonds is 1. The first-order chi connectivity index (χ1) is 7.49. The Morgan fingerprint density at radius 3 is 2.75 bits per heavy atom. The van der Waals surface area contributed by atoms with Crippen LogP contribution < -0.4 is 10.6 Å². The lowest BCUT2D eigenvalue weighted by Crippen LogP contribution is -2.26. The molecule has 6 heteroatoms. The number of hydrogen-bond donors (Lipinski definition) is 2. The first kappa shape index (κ1) is 11.7. The summed E-state index contributed by atoms with van der Waals surface area (Å²) in [6, 6.07) is 2.88. The third-order valence-electron chi connectivity index (χ3n) is 2.43. The second-order valence-corrected chi connectivity index (χ2v) is 5.33. The molecule has 86 valence electrons. The van der Waals surface area contributed by atoms with Gasteiger partial charge in [0.25, 0.3) is 0 Å². The monoisotopic (exact) mass is 304 g/mol. The van der Waals surface area contributed by atoms with Crippen LogP contribution in [0.15, 0.2) is 16.6 Å². The van der Waals surface area contributed by atoms with Crippen molar-refractivity contribution in [2.24, 2.45) is 0 Å². The summed E-state index contributed by atoms with van der Waals surface area (Å²) in [7, 11) is 0. The highest BCUT2D eigenvalue weighted by molar-refractivity contribution is 9.10. The van der Waals surface area contributed by atoms with Crippen LogP contribution in [0.5, 0.6) is 0 Å². The Bertz CT molecular complexity index is 431. The summed E-state index contributed by atoms with van der Waals surface area (Å²) in [6.07, 6.45) is 0.318. The van der Waals surface area contributed by atoms with E-state index in [0.29, 0.717) is 17.4 Å². The van der Waals surface area contributed by atoms with Crippen molar-refractivity contribution in [1.82, 2.24) is 0 Å². The van der Waals surface area contributed by atoms with Gasteiger partial charge in [-0.25, -0.2) is 4.39 Å². The molecule has 1 fully saturated rings. The summed E-state index contributed by atoms with van der Waals surface area (Å²) >= 11 is 7.36. The predicted octanol–water partition coefficient (Wildman–Crippen LogP) is 2.21. The molecule has 16 heavy (non-hydrogen) atoms. The van der Waals surface area contributed by atoms with E-state index in [1.165, 1.54) is 11.0 Å². The highest BCUT2D eigenvalue weighted by atomic mass is 79.9. The van der Waals surface area contributed by atoms with E-state index in [9.17, 15) is 9.18 Å². The molecule has 0 spiro atoms. The Labute approximate surface area is 106 Å². The summed E-state index contributed by atoms with van der Waals surface area (Å²) in [5.74, 6) is -0.643. The molecular formula is C10H10BrFN2OS. The van der Waals surface area contributed by atoms with Gasteiger partial charge in [0.05, 0.1) is 5.69 Å². The van der Waals surface area contributed by atoms with Crippen LogP contribution >= 0.6 is 28.6 Å². The Hall–Kier alpha value is -0.750. The fourth-order valence-electron chi connectivity index (χ4n) is 1.78. The average Bonchev–Trinajstić information content (AvgIpc) is 2.43. The number of anilines is 2. The van der Waals surface area contributed by atoms with E-state index >= 15 is 0 Å². The molecule has 1 unspecified atom stereocenters. The number of nitrogens with zero attached hydrogens (tertiary/aromatic N) is 1. The van der Waals surface area contributed by atoms with E-state index < -0.39 is 5.82 Å². The third kappa shape index (κ3) is 2.04. The van der Waals surface area contributed by atoms with Crippen molar-refractivity contribution in [2.45, 2.75) is 11.7 Å². The first-order valence-electron chi connectivity index (χ1n) is 4.72. The van der Waals surface area contributed by atoms with Crippen LogP contribution in [0.25, 0.3) is 0 Å². The number of hydrogen-bond acceptors (Lipinski definition) is 3. The number of nitrogens with two attached hydrogens (primary N) is 1. The van der Waals surface area contributed by atoms with E-state index in [2.05, 4.69) is 28.6 Å². The molecule has 1 atom stereocenters. The normalized spacial score (nSPS) is 20.6. The van der Waals surface area contributed by atoms with Gasteiger partial charge in [0.15, 0.2) is 0 Å². The van der Waals surface area contributed by atoms with Crippen molar-refractivity contribution >= 4 is 45.8 Å². The summed E-state index contributed by atoms with van der Waals surface area (Å²) in [5.41, 5.74) is 6.13. The van der Waals surface area contributed by atoms with Gasteiger partial charge in [-0.2, -0.15) is 12.6 Å². The molecule has 0 aliphatic carbocycles. The minimum absolute atomic E-state index is 0.0602. The molecule has 1 saturated heterocycles. The minimum Gasteiger partial charge on any atom is -0.397 e. The van der Waals surface area contributed by atoms with Crippen molar-refractivity contribution in [2.75, 3.05) is 17.2 Å². The van der Waals surface area contributed by atoms with E-state index in [-0.39, 0.29) is 22.5 Å². The molecule has 0 saturated carbocycles. The maximum atomic E-state index is 13.7. The molecule has 3 nitrogen and oxygen atoms in total. The maximum absolute atomic E-state index is 13.7. The average molecular weight is 305 g/mol. The van der Waals surface area contributed by atoms with Crippen molar-refractivity contribution < 1.29 is 9.18 Å². The molecule has 1 amide bonds. The molecule has 2 rings (SSSR count). The van der Waals surface area contributed by atoms with E-state index in [1.54, 1.807) is 6.07 Å². The summed E-state index contributed by atoms with van der Waals surface area (Å²) in [5, 5.41) is -0.0602. The van der Waals surface area contributed by atoms with Gasteiger partial charge >= 0.3 is 0 Å². The number of carbonyl (C=O) groups excluding carboxylic acids is 1. The molecule has 1 heterocycles. The van der Waals surface area contributed by atoms with Crippen LogP contribution in [0.2, 0.25) is 0 Å². The van der Waals surface area contributed by atoms with Crippen molar-refractivity contribution in [3.8, 4) is 0 Å². The molecule has 1 aliphatic rings. The van der Waals surface area contributed by atoms with Gasteiger partial charge < -0.3 is 10.6 Å². The van der Waals surface area contributed by atoms with Crippen LogP contribution in [0.4, 0.5) is 15.8 Å². The molecule has 1 aromatic rings. The number of amides is 1. The molecule has 1 aromatic carbocycles. The van der Waals surface area contributed by atoms with Crippen LogP contribution in [0.1, 0.15) is 6.42 Å². The zero-order valence-corrected chi connectivity index (χ0v) is 10.8. The van der Waals surface area contributed by atoms with Crippen LogP contribution in [-0.4, -0.2) is 17.7 Å². The van der Waals surface area contributed by atoms with Gasteiger partial charge in [-0.3, -0.25) is 4.79 Å². The molecule has 0 aromatic heterocycles. The topological polar surface area (TPSA) is 46.3 Å². The standard InChI is InChI=1S/C10H10BrFN2OS/c11-5-1-7(12)10(8(13)2-5)14-4-6(16)3-9(14)15/h1-2,6,16H,3-4,13H2. The Morgan fingerprint density at radius 1 is 1.56 bits per heavy atom. The zero-order chi connectivity index (χ0) is 11.9. The highest BCUT2D eigenvalue weighted by Crippen LogP contribution is 2.33. The predicted molar refractivity (Wildman–Crippen MR) is 68.3 cm³/mol. The quantitative estimate of drug-likeness (QED) is 0.617. The Morgan fingerprint density at radius 2 is 2.25 bits per heavy atom. The van der Waals surface area contributed by atoms with E-state index in [1.807, 2.05) is 0 Å². The van der Waals surface area contributed by atoms with Gasteiger partial charge in [-0.15, -0.1) is 0 Å². The van der Waals surface area contributed by atoms with Gasteiger partial charge in [0.1, 0.15) is 11.5 Å². The molecule has 2 N–H and O–H groups in total. The van der Waals surface area contributed by atoms with Crippen LogP contribution in [0, 0.1) is 5.82 Å². The summed E-state index contributed by atoms with van der Waals surface area (Å²) in [6.45, 7) is 0.394. The summed E-state index contributed by atoms with van der Waals surface area (Å²) < 4.78 is 14.3. The van der Waals surface area contributed by atoms with Gasteiger partial charge in [-0.1, -0.05) is 15.9 Å². The van der Waals surface area contributed by atoms with Gasteiger partial charge in [-0.05, 0) is 12.1 Å². The second-order valence-electron chi connectivity index (χ2n) is 3.69. The highest BCUT2D eigenvalue weighted by Gasteiger charge is 2.31. The van der Waals surface area contributed by atoms with Crippen LogP contribution in [0.3, 0.4) is 0 Å². The molecular weight excluding hydrogens is 295 g/mol. The lowest BCUT2D eigenvalue weighted by Gasteiger charge is -2.19. The zero-order valence-electron chi connectivity index (χ0n) is 8.28. The fourth-order valence-corrected chi connectivity index (χ4v) is 2.54. The number of halogens is 2. The van der Waals surface area contributed by atoms with Crippen LogP contribution in [-0.2, 0) is 4.79 Å². The van der Waals surface area contributed by atoms with E-state index in [4.69, 9.17) is 5.73 Å². The lowest BCUT2D eigenvalue weighted by molar-refractivity contribution is -0.117. The van der Waals surface area contributed by atoms with Gasteiger partial charge in [0.2, 0.25) is 5.91 Å². The molecule has 0 bridgehead atoms. The third-order valence-corrected chi connectivity index (χ3v) is 3.24. The number of benzene rings is 1. The smallest absolute Gasteiger partial charge is 0.228 e. The van der Waals surface area contributed by atoms with Crippen molar-refractivity contribution in [1.29, 1.82) is 0 Å². The SMILES string of the molecule is Nc1cc(Br)cc(F)c1N1CC(S)CC1=O.